The lowest BCUT2D eigenvalue weighted by molar-refractivity contribution is -0.120. The molecule has 0 aromatic rings. The number of hydrogen-bond acceptors (Lipinski definition) is 2. The Labute approximate surface area is 103 Å². The van der Waals surface area contributed by atoms with E-state index >= 15 is 0 Å². The molecule has 0 bridgehead atoms. The summed E-state index contributed by atoms with van der Waals surface area (Å²) in [6, 6.07) is -0.0222. The third-order valence-electron chi connectivity index (χ3n) is 2.92. The second-order valence-electron chi connectivity index (χ2n) is 5.05. The predicted octanol–water partition coefficient (Wildman–Crippen LogP) is 0.952. The normalized spacial score (nSPS) is 17.1. The molecule has 2 N–H and O–H groups in total. The topological polar surface area (TPSA) is 61.4 Å². The van der Waals surface area contributed by atoms with Gasteiger partial charge in [-0.25, -0.2) is 4.79 Å². The molecule has 1 aliphatic heterocycles. The van der Waals surface area contributed by atoms with Gasteiger partial charge in [0.2, 0.25) is 5.91 Å². The van der Waals surface area contributed by atoms with Gasteiger partial charge in [-0.15, -0.1) is 0 Å². The Balaban J connectivity index is 2.23. The number of urea groups is 1. The summed E-state index contributed by atoms with van der Waals surface area (Å²) >= 11 is 0. The molecule has 5 nitrogen and oxygen atoms in total. The van der Waals surface area contributed by atoms with E-state index in [1.54, 1.807) is 4.90 Å². The molecule has 0 atom stereocenters. The SMILES string of the molecule is CC1CCN(C(=O)NCC(=O)NC(C)C)CC1. The van der Waals surface area contributed by atoms with Crippen molar-refractivity contribution >= 4 is 11.9 Å². The third kappa shape index (κ3) is 5.06. The number of piperidine rings is 1. The van der Waals surface area contributed by atoms with Crippen molar-refractivity contribution in [3.8, 4) is 0 Å². The molecule has 0 radical (unpaired) electrons. The van der Waals surface area contributed by atoms with E-state index in [1.807, 2.05) is 13.8 Å². The van der Waals surface area contributed by atoms with Gasteiger partial charge in [0.1, 0.15) is 0 Å². The van der Waals surface area contributed by atoms with Crippen LogP contribution in [0.25, 0.3) is 0 Å². The Morgan fingerprint density at radius 3 is 2.41 bits per heavy atom. The molecule has 0 aromatic carbocycles. The number of likely N-dealkylation sites (tertiary alicyclic amines) is 1. The highest BCUT2D eigenvalue weighted by Gasteiger charge is 2.20. The quantitative estimate of drug-likeness (QED) is 0.773. The van der Waals surface area contributed by atoms with Gasteiger partial charge in [0, 0.05) is 19.1 Å². The van der Waals surface area contributed by atoms with Crippen LogP contribution in [-0.2, 0) is 4.79 Å². The van der Waals surface area contributed by atoms with Gasteiger partial charge in [-0.05, 0) is 32.6 Å². The number of carbonyl (C=O) groups is 2. The molecule has 5 heteroatoms. The van der Waals surface area contributed by atoms with Gasteiger partial charge in [0.25, 0.3) is 0 Å². The van der Waals surface area contributed by atoms with Gasteiger partial charge in [0.15, 0.2) is 0 Å². The smallest absolute Gasteiger partial charge is 0.317 e. The lowest BCUT2D eigenvalue weighted by Crippen LogP contribution is -2.47. The van der Waals surface area contributed by atoms with Crippen molar-refractivity contribution in [3.05, 3.63) is 0 Å². The molecule has 1 aliphatic rings. The molecular weight excluding hydrogens is 218 g/mol. The first-order chi connectivity index (χ1) is 7.99. The van der Waals surface area contributed by atoms with E-state index in [2.05, 4.69) is 17.6 Å². The predicted molar refractivity (Wildman–Crippen MR) is 66.6 cm³/mol. The van der Waals surface area contributed by atoms with Crippen LogP contribution >= 0.6 is 0 Å². The van der Waals surface area contributed by atoms with E-state index in [4.69, 9.17) is 0 Å². The molecule has 0 unspecified atom stereocenters. The van der Waals surface area contributed by atoms with E-state index < -0.39 is 0 Å². The molecule has 1 heterocycles. The van der Waals surface area contributed by atoms with Crippen LogP contribution in [0.4, 0.5) is 4.79 Å². The molecule has 0 aliphatic carbocycles. The zero-order valence-electron chi connectivity index (χ0n) is 11.0. The summed E-state index contributed by atoms with van der Waals surface area (Å²) in [6.07, 6.45) is 2.09. The van der Waals surface area contributed by atoms with Crippen LogP contribution in [0.15, 0.2) is 0 Å². The molecule has 1 fully saturated rings. The monoisotopic (exact) mass is 241 g/mol. The fourth-order valence-corrected chi connectivity index (χ4v) is 1.85. The molecular formula is C12H23N3O2. The van der Waals surface area contributed by atoms with E-state index in [9.17, 15) is 9.59 Å². The van der Waals surface area contributed by atoms with E-state index in [0.29, 0.717) is 5.92 Å². The largest absolute Gasteiger partial charge is 0.352 e. The van der Waals surface area contributed by atoms with Gasteiger partial charge < -0.3 is 15.5 Å². The van der Waals surface area contributed by atoms with E-state index in [0.717, 1.165) is 25.9 Å². The highest BCUT2D eigenvalue weighted by molar-refractivity contribution is 5.84. The maximum atomic E-state index is 11.7. The number of nitrogens with zero attached hydrogens (tertiary/aromatic N) is 1. The third-order valence-corrected chi connectivity index (χ3v) is 2.92. The van der Waals surface area contributed by atoms with Crippen LogP contribution < -0.4 is 10.6 Å². The van der Waals surface area contributed by atoms with Crippen LogP contribution in [0.5, 0.6) is 0 Å². The minimum Gasteiger partial charge on any atom is -0.352 e. The fourth-order valence-electron chi connectivity index (χ4n) is 1.85. The maximum absolute atomic E-state index is 11.7. The van der Waals surface area contributed by atoms with Crippen LogP contribution in [0.2, 0.25) is 0 Å². The summed E-state index contributed by atoms with van der Waals surface area (Å²) in [5.41, 5.74) is 0. The van der Waals surface area contributed by atoms with Crippen molar-refractivity contribution in [3.63, 3.8) is 0 Å². The fraction of sp³-hybridized carbons (Fsp3) is 0.833. The minimum atomic E-state index is -0.140. The van der Waals surface area contributed by atoms with Gasteiger partial charge in [-0.1, -0.05) is 6.92 Å². The average molecular weight is 241 g/mol. The Hall–Kier alpha value is -1.26. The van der Waals surface area contributed by atoms with Gasteiger partial charge in [0.05, 0.1) is 6.54 Å². The molecule has 0 spiro atoms. The Morgan fingerprint density at radius 2 is 1.88 bits per heavy atom. The second kappa shape index (κ2) is 6.47. The van der Waals surface area contributed by atoms with Gasteiger partial charge in [-0.2, -0.15) is 0 Å². The van der Waals surface area contributed by atoms with Gasteiger partial charge in [-0.3, -0.25) is 4.79 Å². The van der Waals surface area contributed by atoms with Gasteiger partial charge >= 0.3 is 6.03 Å². The summed E-state index contributed by atoms with van der Waals surface area (Å²) in [5.74, 6) is 0.557. The summed E-state index contributed by atoms with van der Waals surface area (Å²) < 4.78 is 0. The average Bonchev–Trinajstić information content (AvgIpc) is 2.26. The van der Waals surface area contributed by atoms with Crippen molar-refractivity contribution < 1.29 is 9.59 Å². The first kappa shape index (κ1) is 13.8. The minimum absolute atomic E-state index is 0.0586. The van der Waals surface area contributed by atoms with Crippen molar-refractivity contribution in [2.24, 2.45) is 5.92 Å². The molecule has 1 saturated heterocycles. The van der Waals surface area contributed by atoms with Crippen molar-refractivity contribution in [2.45, 2.75) is 39.7 Å². The molecule has 1 rings (SSSR count). The number of carbonyl (C=O) groups excluding carboxylic acids is 2. The van der Waals surface area contributed by atoms with Crippen LogP contribution in [-0.4, -0.2) is 42.5 Å². The zero-order chi connectivity index (χ0) is 12.8. The lowest BCUT2D eigenvalue weighted by Gasteiger charge is -2.30. The first-order valence-corrected chi connectivity index (χ1v) is 6.31. The Kier molecular flexibility index (Phi) is 5.25. The van der Waals surface area contributed by atoms with Crippen LogP contribution in [0, 0.1) is 5.92 Å². The first-order valence-electron chi connectivity index (χ1n) is 6.31. The van der Waals surface area contributed by atoms with Crippen molar-refractivity contribution in [1.29, 1.82) is 0 Å². The molecule has 3 amide bonds. The van der Waals surface area contributed by atoms with Crippen LogP contribution in [0.3, 0.4) is 0 Å². The highest BCUT2D eigenvalue weighted by atomic mass is 16.2. The second-order valence-corrected chi connectivity index (χ2v) is 5.05. The summed E-state index contributed by atoms with van der Waals surface area (Å²) in [4.78, 5) is 24.9. The highest BCUT2D eigenvalue weighted by Crippen LogP contribution is 2.15. The van der Waals surface area contributed by atoms with E-state index in [-0.39, 0.29) is 24.5 Å². The Bertz CT molecular complexity index is 271. The van der Waals surface area contributed by atoms with E-state index in [1.165, 1.54) is 0 Å². The van der Waals surface area contributed by atoms with Crippen molar-refractivity contribution in [2.75, 3.05) is 19.6 Å². The maximum Gasteiger partial charge on any atom is 0.317 e. The number of hydrogen-bond donors (Lipinski definition) is 2. The molecule has 17 heavy (non-hydrogen) atoms. The van der Waals surface area contributed by atoms with Crippen LogP contribution in [0.1, 0.15) is 33.6 Å². The molecule has 98 valence electrons. The standard InChI is InChI=1S/C12H23N3O2/c1-9(2)14-11(16)8-13-12(17)15-6-4-10(3)5-7-15/h9-10H,4-8H2,1-3H3,(H,13,17)(H,14,16). The number of rotatable bonds is 3. The Morgan fingerprint density at radius 1 is 1.29 bits per heavy atom. The zero-order valence-corrected chi connectivity index (χ0v) is 11.0. The summed E-state index contributed by atoms with van der Waals surface area (Å²) in [5, 5.41) is 5.38. The molecule has 0 aromatic heterocycles. The van der Waals surface area contributed by atoms with Crippen molar-refractivity contribution in [1.82, 2.24) is 15.5 Å². The summed E-state index contributed by atoms with van der Waals surface area (Å²) in [6.45, 7) is 7.63. The lowest BCUT2D eigenvalue weighted by atomic mass is 10.00. The number of amides is 3. The number of nitrogens with one attached hydrogen (secondary N) is 2. The summed E-state index contributed by atoms with van der Waals surface area (Å²) in [7, 11) is 0. The molecule has 0 saturated carbocycles.